The molecule has 64 valence electrons. The number of anilines is 1. The molecule has 0 fully saturated rings. The van der Waals surface area contributed by atoms with Crippen LogP contribution in [-0.4, -0.2) is 11.5 Å². The molecule has 0 bridgehead atoms. The van der Waals surface area contributed by atoms with Gasteiger partial charge >= 0.3 is 0 Å². The van der Waals surface area contributed by atoms with Gasteiger partial charge < -0.3 is 5.32 Å². The standard InChI is InChI=1S/C9H11ClN2/c1-2-3-5-12-9-4-6-11-7-8(9)10/h2,4,6-7H,1,3,5H2,(H,11,12). The first-order chi connectivity index (χ1) is 5.84. The first-order valence-corrected chi connectivity index (χ1v) is 4.16. The van der Waals surface area contributed by atoms with Crippen molar-refractivity contribution in [2.75, 3.05) is 11.9 Å². The van der Waals surface area contributed by atoms with Gasteiger partial charge in [-0.25, -0.2) is 0 Å². The van der Waals surface area contributed by atoms with Crippen LogP contribution in [-0.2, 0) is 0 Å². The van der Waals surface area contributed by atoms with Crippen molar-refractivity contribution in [3.05, 3.63) is 36.1 Å². The average Bonchev–Trinajstić information content (AvgIpc) is 2.09. The van der Waals surface area contributed by atoms with Crippen LogP contribution >= 0.6 is 11.6 Å². The summed E-state index contributed by atoms with van der Waals surface area (Å²) >= 11 is 5.85. The Kier molecular flexibility index (Phi) is 3.61. The Morgan fingerprint density at radius 2 is 2.50 bits per heavy atom. The summed E-state index contributed by atoms with van der Waals surface area (Å²) in [5.41, 5.74) is 0.925. The summed E-state index contributed by atoms with van der Waals surface area (Å²) in [7, 11) is 0. The third-order valence-corrected chi connectivity index (χ3v) is 1.74. The molecule has 0 spiro atoms. The highest BCUT2D eigenvalue weighted by Gasteiger charge is 1.95. The Hall–Kier alpha value is -1.02. The first kappa shape index (κ1) is 9.07. The van der Waals surface area contributed by atoms with Crippen LogP contribution in [0.1, 0.15) is 6.42 Å². The SMILES string of the molecule is C=CCCNc1ccncc1Cl. The zero-order chi connectivity index (χ0) is 8.81. The van der Waals surface area contributed by atoms with Crippen molar-refractivity contribution >= 4 is 17.3 Å². The molecule has 0 amide bonds. The second-order valence-electron chi connectivity index (χ2n) is 2.36. The molecule has 1 aromatic rings. The lowest BCUT2D eigenvalue weighted by Gasteiger charge is -2.04. The van der Waals surface area contributed by atoms with E-state index in [1.54, 1.807) is 12.4 Å². The molecule has 0 atom stereocenters. The average molecular weight is 183 g/mol. The number of pyridine rings is 1. The summed E-state index contributed by atoms with van der Waals surface area (Å²) in [5, 5.41) is 3.82. The summed E-state index contributed by atoms with van der Waals surface area (Å²) in [4.78, 5) is 3.88. The monoisotopic (exact) mass is 182 g/mol. The molecule has 1 N–H and O–H groups in total. The van der Waals surface area contributed by atoms with Crippen LogP contribution in [0.4, 0.5) is 5.69 Å². The lowest BCUT2D eigenvalue weighted by atomic mass is 10.3. The van der Waals surface area contributed by atoms with Gasteiger partial charge in [0.2, 0.25) is 0 Å². The van der Waals surface area contributed by atoms with E-state index in [1.165, 1.54) is 0 Å². The Labute approximate surface area is 77.3 Å². The van der Waals surface area contributed by atoms with Crippen molar-refractivity contribution in [2.24, 2.45) is 0 Å². The predicted octanol–water partition coefficient (Wildman–Crippen LogP) is 2.72. The van der Waals surface area contributed by atoms with Crippen LogP contribution in [0.2, 0.25) is 5.02 Å². The van der Waals surface area contributed by atoms with Gasteiger partial charge in [-0.3, -0.25) is 4.98 Å². The lowest BCUT2D eigenvalue weighted by Crippen LogP contribution is -2.00. The van der Waals surface area contributed by atoms with Crippen molar-refractivity contribution in [1.82, 2.24) is 4.98 Å². The Bertz CT molecular complexity index is 260. The van der Waals surface area contributed by atoms with Gasteiger partial charge in [0.15, 0.2) is 0 Å². The molecular weight excluding hydrogens is 172 g/mol. The maximum absolute atomic E-state index is 5.85. The lowest BCUT2D eigenvalue weighted by molar-refractivity contribution is 1.07. The van der Waals surface area contributed by atoms with E-state index in [0.29, 0.717) is 5.02 Å². The van der Waals surface area contributed by atoms with E-state index in [1.807, 2.05) is 12.1 Å². The highest BCUT2D eigenvalue weighted by Crippen LogP contribution is 2.18. The number of hydrogen-bond donors (Lipinski definition) is 1. The highest BCUT2D eigenvalue weighted by molar-refractivity contribution is 6.33. The molecule has 1 rings (SSSR count). The molecule has 12 heavy (non-hydrogen) atoms. The summed E-state index contributed by atoms with van der Waals surface area (Å²) in [6.45, 7) is 4.48. The largest absolute Gasteiger partial charge is 0.383 e. The minimum atomic E-state index is 0.654. The van der Waals surface area contributed by atoms with E-state index >= 15 is 0 Å². The van der Waals surface area contributed by atoms with E-state index in [2.05, 4.69) is 16.9 Å². The van der Waals surface area contributed by atoms with Crippen LogP contribution in [0.15, 0.2) is 31.1 Å². The fourth-order valence-corrected chi connectivity index (χ4v) is 1.01. The maximum Gasteiger partial charge on any atom is 0.0820 e. The molecule has 0 aliphatic heterocycles. The van der Waals surface area contributed by atoms with Gasteiger partial charge in [0.25, 0.3) is 0 Å². The number of halogens is 1. The zero-order valence-electron chi connectivity index (χ0n) is 6.76. The summed E-state index contributed by atoms with van der Waals surface area (Å²) in [6, 6.07) is 1.85. The Balaban J connectivity index is 2.51. The second kappa shape index (κ2) is 4.78. The smallest absolute Gasteiger partial charge is 0.0820 e. The van der Waals surface area contributed by atoms with Gasteiger partial charge in [-0.15, -0.1) is 6.58 Å². The van der Waals surface area contributed by atoms with Gasteiger partial charge in [0.05, 0.1) is 10.7 Å². The normalized spacial score (nSPS) is 9.42. The van der Waals surface area contributed by atoms with Crippen LogP contribution in [0.5, 0.6) is 0 Å². The summed E-state index contributed by atoms with van der Waals surface area (Å²) in [6.07, 6.45) is 6.13. The summed E-state index contributed by atoms with van der Waals surface area (Å²) in [5.74, 6) is 0. The van der Waals surface area contributed by atoms with Crippen LogP contribution < -0.4 is 5.32 Å². The van der Waals surface area contributed by atoms with Gasteiger partial charge in [0.1, 0.15) is 0 Å². The van der Waals surface area contributed by atoms with Crippen molar-refractivity contribution in [3.63, 3.8) is 0 Å². The van der Waals surface area contributed by atoms with Gasteiger partial charge in [-0.2, -0.15) is 0 Å². The van der Waals surface area contributed by atoms with E-state index in [4.69, 9.17) is 11.6 Å². The zero-order valence-corrected chi connectivity index (χ0v) is 7.51. The van der Waals surface area contributed by atoms with Gasteiger partial charge in [0, 0.05) is 18.9 Å². The number of rotatable bonds is 4. The molecule has 3 heteroatoms. The Morgan fingerprint density at radius 1 is 1.67 bits per heavy atom. The van der Waals surface area contributed by atoms with Gasteiger partial charge in [-0.1, -0.05) is 17.7 Å². The second-order valence-corrected chi connectivity index (χ2v) is 2.77. The molecular formula is C9H11ClN2. The molecule has 0 aliphatic carbocycles. The fourth-order valence-electron chi connectivity index (χ4n) is 0.827. The van der Waals surface area contributed by atoms with Crippen molar-refractivity contribution < 1.29 is 0 Å². The van der Waals surface area contributed by atoms with E-state index in [-0.39, 0.29) is 0 Å². The number of nitrogens with one attached hydrogen (secondary N) is 1. The van der Waals surface area contributed by atoms with E-state index in [9.17, 15) is 0 Å². The fraction of sp³-hybridized carbons (Fsp3) is 0.222. The van der Waals surface area contributed by atoms with Crippen LogP contribution in [0.25, 0.3) is 0 Å². The quantitative estimate of drug-likeness (QED) is 0.572. The Morgan fingerprint density at radius 3 is 3.17 bits per heavy atom. The molecule has 0 radical (unpaired) electrons. The highest BCUT2D eigenvalue weighted by atomic mass is 35.5. The minimum absolute atomic E-state index is 0.654. The summed E-state index contributed by atoms with van der Waals surface area (Å²) < 4.78 is 0. The minimum Gasteiger partial charge on any atom is -0.383 e. The maximum atomic E-state index is 5.85. The molecule has 0 aromatic carbocycles. The molecule has 0 saturated heterocycles. The molecule has 0 unspecified atom stereocenters. The van der Waals surface area contributed by atoms with E-state index in [0.717, 1.165) is 18.7 Å². The third kappa shape index (κ3) is 2.55. The molecule has 1 aromatic heterocycles. The molecule has 2 nitrogen and oxygen atoms in total. The van der Waals surface area contributed by atoms with Crippen LogP contribution in [0, 0.1) is 0 Å². The topological polar surface area (TPSA) is 24.9 Å². The predicted molar refractivity (Wildman–Crippen MR) is 52.6 cm³/mol. The number of nitrogens with zero attached hydrogens (tertiary/aromatic N) is 1. The number of hydrogen-bond acceptors (Lipinski definition) is 2. The number of aromatic nitrogens is 1. The molecule has 0 saturated carbocycles. The van der Waals surface area contributed by atoms with Crippen molar-refractivity contribution in [3.8, 4) is 0 Å². The third-order valence-electron chi connectivity index (χ3n) is 1.44. The van der Waals surface area contributed by atoms with Crippen molar-refractivity contribution in [1.29, 1.82) is 0 Å². The molecule has 1 heterocycles. The van der Waals surface area contributed by atoms with E-state index < -0.39 is 0 Å². The van der Waals surface area contributed by atoms with Gasteiger partial charge in [-0.05, 0) is 12.5 Å². The molecule has 0 aliphatic rings. The van der Waals surface area contributed by atoms with Crippen LogP contribution in [0.3, 0.4) is 0 Å². The first-order valence-electron chi connectivity index (χ1n) is 3.79. The van der Waals surface area contributed by atoms with Crippen molar-refractivity contribution in [2.45, 2.75) is 6.42 Å².